The highest BCUT2D eigenvalue weighted by Gasteiger charge is 2.61. The first-order valence-corrected chi connectivity index (χ1v) is 21.5. The highest BCUT2D eigenvalue weighted by atomic mass is 16.8. The molecule has 0 spiro atoms. The van der Waals surface area contributed by atoms with Crippen LogP contribution in [0.4, 0.5) is 4.79 Å². The summed E-state index contributed by atoms with van der Waals surface area (Å²) in [5, 5.41) is 0. The number of fused-ring (bicyclic) bond motifs is 5. The Morgan fingerprint density at radius 2 is 1.33 bits per heavy atom. The molecule has 4 aliphatic rings. The van der Waals surface area contributed by atoms with Crippen molar-refractivity contribution in [1.82, 2.24) is 0 Å². The van der Waals surface area contributed by atoms with Crippen LogP contribution in [0, 0.1) is 46.3 Å². The van der Waals surface area contributed by atoms with Gasteiger partial charge < -0.3 is 28.4 Å². The number of allylic oxidation sites excluding steroid dienone is 2. The Labute approximate surface area is 339 Å². The third-order valence-corrected chi connectivity index (χ3v) is 13.7. The van der Waals surface area contributed by atoms with Crippen molar-refractivity contribution < 1.29 is 57.2 Å². The van der Waals surface area contributed by atoms with Gasteiger partial charge in [0.2, 0.25) is 6.79 Å². The molecule has 0 bridgehead atoms. The van der Waals surface area contributed by atoms with Gasteiger partial charge in [0.1, 0.15) is 25.1 Å². The predicted octanol–water partition coefficient (Wildman–Crippen LogP) is 8.77. The normalized spacial score (nSPS) is 29.8. The monoisotopic (exact) mass is 800 g/mol. The Bertz CT molecular complexity index is 1420. The summed E-state index contributed by atoms with van der Waals surface area (Å²) >= 11 is 0. The van der Waals surface area contributed by atoms with Crippen LogP contribution in [0.2, 0.25) is 0 Å². The topological polar surface area (TPSA) is 158 Å². The van der Waals surface area contributed by atoms with E-state index >= 15 is 0 Å². The molecule has 9 atom stereocenters. The van der Waals surface area contributed by atoms with Crippen molar-refractivity contribution in [3.8, 4) is 0 Å². The van der Waals surface area contributed by atoms with Gasteiger partial charge in [-0.3, -0.25) is 24.0 Å². The lowest BCUT2D eigenvalue weighted by Crippen LogP contribution is -2.54. The molecule has 4 aliphatic carbocycles. The average molecular weight is 801 g/mol. The Kier molecular flexibility index (Phi) is 17.7. The summed E-state index contributed by atoms with van der Waals surface area (Å²) < 4.78 is 31.9. The third kappa shape index (κ3) is 12.9. The van der Waals surface area contributed by atoms with Crippen LogP contribution in [0.3, 0.4) is 0 Å². The van der Waals surface area contributed by atoms with Crippen molar-refractivity contribution in [2.45, 2.75) is 156 Å². The molecule has 0 radical (unpaired) electrons. The lowest BCUT2D eigenvalue weighted by Gasteiger charge is -2.61. The Balaban J connectivity index is 1.13. The van der Waals surface area contributed by atoms with E-state index in [2.05, 4.69) is 13.8 Å². The molecule has 0 aromatic heterocycles. The number of Topliss-reactive ketones (excluding diaryl/α,β-unsaturated/α-hetero) is 1. The number of rotatable bonds is 20. The number of carbonyl (C=O) groups is 6. The van der Waals surface area contributed by atoms with Crippen LogP contribution in [-0.2, 0) is 52.4 Å². The van der Waals surface area contributed by atoms with Crippen molar-refractivity contribution in [2.24, 2.45) is 46.3 Å². The minimum atomic E-state index is -0.985. The molecule has 0 saturated heterocycles. The average Bonchev–Trinajstić information content (AvgIpc) is 3.53. The maximum Gasteiger partial charge on any atom is 0.511 e. The summed E-state index contributed by atoms with van der Waals surface area (Å²) in [5.74, 6) is 0.522. The molecule has 4 rings (SSSR count). The lowest BCUT2D eigenvalue weighted by molar-refractivity contribution is -0.167. The first-order valence-electron chi connectivity index (χ1n) is 21.5. The van der Waals surface area contributed by atoms with E-state index in [0.29, 0.717) is 35.9 Å². The van der Waals surface area contributed by atoms with Gasteiger partial charge in [-0.25, -0.2) is 4.79 Å². The summed E-state index contributed by atoms with van der Waals surface area (Å²) in [6.07, 6.45) is 16.3. The molecule has 0 aromatic carbocycles. The highest BCUT2D eigenvalue weighted by molar-refractivity contribution is 5.79. The van der Waals surface area contributed by atoms with Crippen LogP contribution < -0.4 is 0 Å². The van der Waals surface area contributed by atoms with Gasteiger partial charge in [-0.2, -0.15) is 0 Å². The van der Waals surface area contributed by atoms with Gasteiger partial charge in [-0.1, -0.05) is 58.9 Å². The van der Waals surface area contributed by atoms with Gasteiger partial charge >= 0.3 is 30.0 Å². The van der Waals surface area contributed by atoms with Crippen molar-refractivity contribution in [2.75, 3.05) is 20.0 Å². The molecule has 320 valence electrons. The number of esters is 4. The van der Waals surface area contributed by atoms with Gasteiger partial charge in [-0.05, 0) is 124 Å². The van der Waals surface area contributed by atoms with E-state index < -0.39 is 42.9 Å². The fraction of sp³-hybridized carbons (Fsp3) is 0.778. The SMILES string of the molecule is CC/C=C\CC(=O)OCC(COC(=O)C/C=C\CC)OC(=O)CC(C)CCC(=O)OCOC(=O)O[C@@H]1CC[C@@]2(C)[C@@H](CC[C@@H]3[C@@H]2CC[C@]2(C)[C@@H](C(C)=O)CC[C@@H]32)C1. The van der Waals surface area contributed by atoms with Crippen molar-refractivity contribution in [3.63, 3.8) is 0 Å². The molecule has 12 nitrogen and oxygen atoms in total. The first kappa shape index (κ1) is 46.0. The standard InChI is InChI=1S/C45H68O12/c1-7-9-11-13-39(47)52-27-34(28-53-40(48)14-12-10-8-2)56-42(50)25-30(3)15-20-41(49)54-29-55-43(51)57-33-21-23-44(5)32(26-33)16-17-35-37-19-18-36(31(4)46)45(37,6)24-22-38(35)44/h9-12,30,32-38H,7-8,13-29H2,1-6H3/b11-9-,12-10-/t30?,32-,33+,35-,36+,37-,38-,44-,45+/m0/s1. The Morgan fingerprint density at radius 3 is 1.96 bits per heavy atom. The number of carbonyl (C=O) groups excluding carboxylic acids is 6. The van der Waals surface area contributed by atoms with Crippen molar-refractivity contribution >= 4 is 35.8 Å². The molecular formula is C45H68O12. The van der Waals surface area contributed by atoms with Crippen molar-refractivity contribution in [3.05, 3.63) is 24.3 Å². The third-order valence-electron chi connectivity index (χ3n) is 13.7. The van der Waals surface area contributed by atoms with Gasteiger partial charge in [0.15, 0.2) is 6.10 Å². The molecule has 0 heterocycles. The second kappa shape index (κ2) is 21.9. The Morgan fingerprint density at radius 1 is 0.702 bits per heavy atom. The second-order valence-corrected chi connectivity index (χ2v) is 17.5. The van der Waals surface area contributed by atoms with Crippen molar-refractivity contribution in [1.29, 1.82) is 0 Å². The summed E-state index contributed by atoms with van der Waals surface area (Å²) in [6, 6.07) is 0. The van der Waals surface area contributed by atoms with Crippen LogP contribution in [0.15, 0.2) is 24.3 Å². The quantitative estimate of drug-likeness (QED) is 0.0500. The lowest BCUT2D eigenvalue weighted by atomic mass is 9.44. The second-order valence-electron chi connectivity index (χ2n) is 17.5. The minimum absolute atomic E-state index is 0.0114. The van der Waals surface area contributed by atoms with Gasteiger partial charge in [0.05, 0.1) is 12.8 Å². The van der Waals surface area contributed by atoms with Crippen LogP contribution in [0.1, 0.15) is 144 Å². The van der Waals surface area contributed by atoms with Crippen LogP contribution in [-0.4, -0.2) is 68.0 Å². The van der Waals surface area contributed by atoms with E-state index in [9.17, 15) is 28.8 Å². The molecule has 0 aliphatic heterocycles. The number of hydrogen-bond acceptors (Lipinski definition) is 12. The zero-order chi connectivity index (χ0) is 41.6. The molecule has 12 heteroatoms. The maximum absolute atomic E-state index is 12.7. The summed E-state index contributed by atoms with van der Waals surface area (Å²) in [6.45, 7) is 11.2. The molecule has 0 N–H and O–H groups in total. The summed E-state index contributed by atoms with van der Waals surface area (Å²) in [4.78, 5) is 74.4. The fourth-order valence-corrected chi connectivity index (χ4v) is 10.7. The molecule has 4 fully saturated rings. The predicted molar refractivity (Wildman–Crippen MR) is 211 cm³/mol. The van der Waals surface area contributed by atoms with E-state index in [1.54, 1.807) is 26.0 Å². The van der Waals surface area contributed by atoms with Gasteiger partial charge in [0, 0.05) is 18.8 Å². The van der Waals surface area contributed by atoms with Gasteiger partial charge in [0.25, 0.3) is 0 Å². The number of ether oxygens (including phenoxy) is 6. The van der Waals surface area contributed by atoms with Crippen LogP contribution >= 0.6 is 0 Å². The molecule has 1 unspecified atom stereocenters. The zero-order valence-corrected chi connectivity index (χ0v) is 35.3. The zero-order valence-electron chi connectivity index (χ0n) is 35.3. The van der Waals surface area contributed by atoms with Gasteiger partial charge in [-0.15, -0.1) is 0 Å². The molecule has 57 heavy (non-hydrogen) atoms. The van der Waals surface area contributed by atoms with E-state index in [1.807, 2.05) is 26.0 Å². The fourth-order valence-electron chi connectivity index (χ4n) is 10.7. The van der Waals surface area contributed by atoms with E-state index in [1.165, 1.54) is 12.8 Å². The van der Waals surface area contributed by atoms with E-state index in [4.69, 9.17) is 28.4 Å². The molecule has 0 aromatic rings. The first-order chi connectivity index (χ1) is 27.2. The Hall–Kier alpha value is -3.70. The smallest absolute Gasteiger partial charge is 0.461 e. The van der Waals surface area contributed by atoms with E-state index in [0.717, 1.165) is 57.8 Å². The summed E-state index contributed by atoms with van der Waals surface area (Å²) in [5.41, 5.74) is 0.339. The van der Waals surface area contributed by atoms with E-state index in [-0.39, 0.29) is 67.7 Å². The van der Waals surface area contributed by atoms with Crippen LogP contribution in [0.25, 0.3) is 0 Å². The molecule has 4 saturated carbocycles. The number of ketones is 1. The largest absolute Gasteiger partial charge is 0.511 e. The molecular weight excluding hydrogens is 732 g/mol. The maximum atomic E-state index is 12.7. The molecule has 0 amide bonds. The van der Waals surface area contributed by atoms with Crippen LogP contribution in [0.5, 0.6) is 0 Å². The highest BCUT2D eigenvalue weighted by Crippen LogP contribution is 2.67. The summed E-state index contributed by atoms with van der Waals surface area (Å²) in [7, 11) is 0. The number of hydrogen-bond donors (Lipinski definition) is 0. The minimum Gasteiger partial charge on any atom is -0.461 e.